The first kappa shape index (κ1) is 17.5. The van der Waals surface area contributed by atoms with Crippen LogP contribution in [-0.4, -0.2) is 5.11 Å². The highest BCUT2D eigenvalue weighted by Gasteiger charge is 2.18. The normalized spacial score (nSPS) is 13.0. The SMILES string of the molecule is CCC(Oc1cccc(C(C)(C)C)c1)c1cc(F)ccc1CO. The van der Waals surface area contributed by atoms with Crippen LogP contribution in [0.3, 0.4) is 0 Å². The summed E-state index contributed by atoms with van der Waals surface area (Å²) in [5.41, 5.74) is 2.63. The highest BCUT2D eigenvalue weighted by Crippen LogP contribution is 2.31. The fourth-order valence-corrected chi connectivity index (χ4v) is 2.58. The zero-order valence-electron chi connectivity index (χ0n) is 14.3. The molecule has 0 saturated carbocycles. The molecule has 2 aromatic carbocycles. The highest BCUT2D eigenvalue weighted by molar-refractivity contribution is 5.35. The van der Waals surface area contributed by atoms with Crippen LogP contribution in [0.1, 0.15) is 56.9 Å². The molecular weight excluding hydrogens is 291 g/mol. The maximum absolute atomic E-state index is 13.6. The monoisotopic (exact) mass is 316 g/mol. The number of hydrogen-bond acceptors (Lipinski definition) is 2. The molecule has 3 heteroatoms. The van der Waals surface area contributed by atoms with E-state index in [1.807, 2.05) is 25.1 Å². The van der Waals surface area contributed by atoms with E-state index in [-0.39, 0.29) is 23.9 Å². The molecular formula is C20H25FO2. The Kier molecular flexibility index (Phi) is 5.42. The van der Waals surface area contributed by atoms with Gasteiger partial charge in [0, 0.05) is 5.56 Å². The van der Waals surface area contributed by atoms with Crippen LogP contribution in [0.2, 0.25) is 0 Å². The average molecular weight is 316 g/mol. The van der Waals surface area contributed by atoms with E-state index in [2.05, 4.69) is 26.8 Å². The van der Waals surface area contributed by atoms with Crippen LogP contribution >= 0.6 is 0 Å². The smallest absolute Gasteiger partial charge is 0.124 e. The third-order valence-electron chi connectivity index (χ3n) is 3.97. The summed E-state index contributed by atoms with van der Waals surface area (Å²) in [5, 5.41) is 9.49. The molecule has 0 aliphatic heterocycles. The van der Waals surface area contributed by atoms with Crippen LogP contribution in [0.15, 0.2) is 42.5 Å². The highest BCUT2D eigenvalue weighted by atomic mass is 19.1. The van der Waals surface area contributed by atoms with Crippen molar-refractivity contribution in [3.8, 4) is 5.75 Å². The van der Waals surface area contributed by atoms with Crippen molar-refractivity contribution in [2.24, 2.45) is 0 Å². The molecule has 1 N–H and O–H groups in total. The summed E-state index contributed by atoms with van der Waals surface area (Å²) in [4.78, 5) is 0. The van der Waals surface area contributed by atoms with Crippen LogP contribution in [0.25, 0.3) is 0 Å². The molecule has 2 nitrogen and oxygen atoms in total. The second-order valence-electron chi connectivity index (χ2n) is 6.79. The van der Waals surface area contributed by atoms with Gasteiger partial charge in [-0.25, -0.2) is 4.39 Å². The lowest BCUT2D eigenvalue weighted by molar-refractivity contribution is 0.194. The summed E-state index contributed by atoms with van der Waals surface area (Å²) < 4.78 is 19.7. The van der Waals surface area contributed by atoms with Crippen LogP contribution in [0.4, 0.5) is 4.39 Å². The number of benzene rings is 2. The Hall–Kier alpha value is -1.87. The topological polar surface area (TPSA) is 29.5 Å². The second kappa shape index (κ2) is 7.14. The predicted molar refractivity (Wildman–Crippen MR) is 91.1 cm³/mol. The summed E-state index contributed by atoms with van der Waals surface area (Å²) in [6, 6.07) is 12.4. The minimum Gasteiger partial charge on any atom is -0.486 e. The Balaban J connectivity index is 2.32. The molecule has 0 radical (unpaired) electrons. The van der Waals surface area contributed by atoms with Crippen LogP contribution in [-0.2, 0) is 12.0 Å². The molecule has 0 saturated heterocycles. The van der Waals surface area contributed by atoms with Crippen molar-refractivity contribution in [1.82, 2.24) is 0 Å². The Morgan fingerprint density at radius 3 is 2.48 bits per heavy atom. The molecule has 0 heterocycles. The van der Waals surface area contributed by atoms with Gasteiger partial charge in [-0.3, -0.25) is 0 Å². The number of halogens is 1. The largest absolute Gasteiger partial charge is 0.486 e. The molecule has 2 aromatic rings. The van der Waals surface area contributed by atoms with E-state index in [1.165, 1.54) is 17.7 Å². The van der Waals surface area contributed by atoms with Gasteiger partial charge in [0.1, 0.15) is 17.7 Å². The Morgan fingerprint density at radius 2 is 1.87 bits per heavy atom. The molecule has 0 aromatic heterocycles. The van der Waals surface area contributed by atoms with Crippen molar-refractivity contribution in [2.45, 2.75) is 52.2 Å². The first-order chi connectivity index (χ1) is 10.8. The molecule has 0 aliphatic rings. The fraction of sp³-hybridized carbons (Fsp3) is 0.400. The number of rotatable bonds is 5. The Morgan fingerprint density at radius 1 is 1.13 bits per heavy atom. The van der Waals surface area contributed by atoms with Crippen molar-refractivity contribution in [2.75, 3.05) is 0 Å². The minimum absolute atomic E-state index is 0.0379. The van der Waals surface area contributed by atoms with E-state index in [0.717, 1.165) is 5.75 Å². The molecule has 23 heavy (non-hydrogen) atoms. The molecule has 0 aliphatic carbocycles. The fourth-order valence-electron chi connectivity index (χ4n) is 2.58. The third-order valence-corrected chi connectivity index (χ3v) is 3.97. The first-order valence-electron chi connectivity index (χ1n) is 8.01. The molecule has 124 valence electrons. The number of aliphatic hydroxyl groups excluding tert-OH is 1. The molecule has 0 bridgehead atoms. The van der Waals surface area contributed by atoms with Crippen molar-refractivity contribution < 1.29 is 14.2 Å². The maximum atomic E-state index is 13.6. The summed E-state index contributed by atoms with van der Waals surface area (Å²) in [6.45, 7) is 8.32. The van der Waals surface area contributed by atoms with E-state index in [0.29, 0.717) is 17.5 Å². The summed E-state index contributed by atoms with van der Waals surface area (Å²) in [7, 11) is 0. The second-order valence-corrected chi connectivity index (χ2v) is 6.79. The van der Waals surface area contributed by atoms with Gasteiger partial charge in [-0.1, -0.05) is 45.9 Å². The van der Waals surface area contributed by atoms with Gasteiger partial charge in [-0.15, -0.1) is 0 Å². The number of ether oxygens (including phenoxy) is 1. The lowest BCUT2D eigenvalue weighted by Gasteiger charge is -2.23. The molecule has 1 atom stereocenters. The maximum Gasteiger partial charge on any atom is 0.124 e. The lowest BCUT2D eigenvalue weighted by atomic mass is 9.87. The van der Waals surface area contributed by atoms with Gasteiger partial charge in [0.15, 0.2) is 0 Å². The molecule has 0 fully saturated rings. The molecule has 0 spiro atoms. The van der Waals surface area contributed by atoms with Gasteiger partial charge in [0.2, 0.25) is 0 Å². The van der Waals surface area contributed by atoms with Crippen molar-refractivity contribution in [3.05, 3.63) is 65.0 Å². The number of hydrogen-bond donors (Lipinski definition) is 1. The van der Waals surface area contributed by atoms with Gasteiger partial charge in [0.05, 0.1) is 6.61 Å². The summed E-state index contributed by atoms with van der Waals surface area (Å²) >= 11 is 0. The Labute approximate surface area is 137 Å². The van der Waals surface area contributed by atoms with E-state index in [4.69, 9.17) is 4.74 Å². The van der Waals surface area contributed by atoms with Crippen molar-refractivity contribution in [1.29, 1.82) is 0 Å². The zero-order chi connectivity index (χ0) is 17.0. The Bertz CT molecular complexity index is 659. The minimum atomic E-state index is -0.317. The molecule has 0 amide bonds. The lowest BCUT2D eigenvalue weighted by Crippen LogP contribution is -2.13. The van der Waals surface area contributed by atoms with Crippen LogP contribution in [0.5, 0.6) is 5.75 Å². The number of aliphatic hydroxyl groups is 1. The van der Waals surface area contributed by atoms with E-state index in [1.54, 1.807) is 6.07 Å². The third kappa shape index (κ3) is 4.32. The van der Waals surface area contributed by atoms with Gasteiger partial charge >= 0.3 is 0 Å². The van der Waals surface area contributed by atoms with Crippen LogP contribution < -0.4 is 4.74 Å². The summed E-state index contributed by atoms with van der Waals surface area (Å²) in [6.07, 6.45) is 0.402. The van der Waals surface area contributed by atoms with Gasteiger partial charge in [-0.05, 0) is 47.2 Å². The standard InChI is InChI=1S/C20H25FO2/c1-5-19(18-12-16(21)10-9-14(18)13-22)23-17-8-6-7-15(11-17)20(2,3)4/h6-12,19,22H,5,13H2,1-4H3. The quantitative estimate of drug-likeness (QED) is 0.827. The van der Waals surface area contributed by atoms with Crippen molar-refractivity contribution >= 4 is 0 Å². The van der Waals surface area contributed by atoms with Gasteiger partial charge in [-0.2, -0.15) is 0 Å². The zero-order valence-corrected chi connectivity index (χ0v) is 14.3. The average Bonchev–Trinajstić information content (AvgIpc) is 2.52. The molecule has 1 unspecified atom stereocenters. The van der Waals surface area contributed by atoms with Crippen LogP contribution in [0, 0.1) is 5.82 Å². The predicted octanol–water partition coefficient (Wildman–Crippen LogP) is 5.15. The molecule has 2 rings (SSSR count). The van der Waals surface area contributed by atoms with Gasteiger partial charge in [0.25, 0.3) is 0 Å². The summed E-state index contributed by atoms with van der Waals surface area (Å²) in [5.74, 6) is 0.445. The van der Waals surface area contributed by atoms with Crippen molar-refractivity contribution in [3.63, 3.8) is 0 Å². The first-order valence-corrected chi connectivity index (χ1v) is 8.01. The van der Waals surface area contributed by atoms with E-state index in [9.17, 15) is 9.50 Å². The van der Waals surface area contributed by atoms with E-state index >= 15 is 0 Å². The van der Waals surface area contributed by atoms with Gasteiger partial charge < -0.3 is 9.84 Å². The van der Waals surface area contributed by atoms with E-state index < -0.39 is 0 Å².